The molecule has 0 bridgehead atoms. The first kappa shape index (κ1) is 21.0. The smallest absolute Gasteiger partial charge is 0.319 e. The average molecular weight is 417 g/mol. The van der Waals surface area contributed by atoms with Crippen LogP contribution in [0.2, 0.25) is 0 Å². The number of methoxy groups -OCH3 is 1. The lowest BCUT2D eigenvalue weighted by Gasteiger charge is -2.21. The molecule has 0 saturated carbocycles. The van der Waals surface area contributed by atoms with Crippen molar-refractivity contribution in [2.75, 3.05) is 38.7 Å². The molecule has 6 nitrogen and oxygen atoms in total. The Balaban J connectivity index is 1.48. The number of nitrogens with one attached hydrogen (secondary N) is 2. The van der Waals surface area contributed by atoms with Crippen molar-refractivity contribution in [3.8, 4) is 11.3 Å². The zero-order chi connectivity index (χ0) is 21.5. The minimum absolute atomic E-state index is 0.0103. The Morgan fingerprint density at radius 1 is 1.03 bits per heavy atom. The van der Waals surface area contributed by atoms with E-state index in [1.165, 1.54) is 5.56 Å². The minimum Gasteiger partial charge on any atom is -0.383 e. The maximum absolute atomic E-state index is 13.0. The van der Waals surface area contributed by atoms with Gasteiger partial charge in [-0.05, 0) is 17.7 Å². The van der Waals surface area contributed by atoms with Gasteiger partial charge in [-0.25, -0.2) is 4.79 Å². The van der Waals surface area contributed by atoms with Gasteiger partial charge in [-0.1, -0.05) is 60.7 Å². The molecule has 0 radical (unpaired) electrons. The van der Waals surface area contributed by atoms with Gasteiger partial charge in [-0.15, -0.1) is 0 Å². The number of carbonyl (C=O) groups excluding carboxylic acids is 1. The molecule has 3 aromatic rings. The molecule has 1 saturated heterocycles. The summed E-state index contributed by atoms with van der Waals surface area (Å²) >= 11 is 0. The monoisotopic (exact) mass is 416 g/mol. The number of amides is 2. The van der Waals surface area contributed by atoms with E-state index in [0.717, 1.165) is 30.9 Å². The molecule has 2 aromatic carbocycles. The highest BCUT2D eigenvalue weighted by atomic mass is 16.5. The quantitative estimate of drug-likeness (QED) is 0.611. The van der Waals surface area contributed by atoms with Gasteiger partial charge in [-0.3, -0.25) is 9.88 Å². The van der Waals surface area contributed by atoms with Gasteiger partial charge in [0.15, 0.2) is 0 Å². The van der Waals surface area contributed by atoms with E-state index in [1.54, 1.807) is 13.3 Å². The van der Waals surface area contributed by atoms with E-state index >= 15 is 0 Å². The number of aromatic nitrogens is 1. The van der Waals surface area contributed by atoms with E-state index in [9.17, 15) is 4.79 Å². The first-order valence-electron chi connectivity index (χ1n) is 10.6. The van der Waals surface area contributed by atoms with Gasteiger partial charge in [0.2, 0.25) is 0 Å². The van der Waals surface area contributed by atoms with Crippen LogP contribution in [0.4, 0.5) is 10.5 Å². The van der Waals surface area contributed by atoms with Gasteiger partial charge >= 0.3 is 6.03 Å². The molecular formula is C25H28N4O2. The van der Waals surface area contributed by atoms with Crippen molar-refractivity contribution in [2.24, 2.45) is 0 Å². The normalized spacial score (nSPS) is 18.6. The molecule has 0 spiro atoms. The summed E-state index contributed by atoms with van der Waals surface area (Å²) in [6.45, 7) is 3.20. The summed E-state index contributed by atoms with van der Waals surface area (Å²) in [7, 11) is 1.71. The Labute approximate surface area is 183 Å². The number of hydrogen-bond donors (Lipinski definition) is 2. The molecule has 31 heavy (non-hydrogen) atoms. The SMILES string of the molecule is COCCN1CC(NC(=O)Nc2cccnc2-c2ccccc2)[C@H](c2ccccc2)C1. The molecule has 1 aliphatic rings. The zero-order valence-electron chi connectivity index (χ0n) is 17.7. The maximum atomic E-state index is 13.0. The van der Waals surface area contributed by atoms with E-state index in [-0.39, 0.29) is 18.0 Å². The van der Waals surface area contributed by atoms with Crippen molar-refractivity contribution in [3.05, 3.63) is 84.6 Å². The highest BCUT2D eigenvalue weighted by Crippen LogP contribution is 2.28. The molecular weight excluding hydrogens is 388 g/mol. The largest absolute Gasteiger partial charge is 0.383 e. The molecule has 1 fully saturated rings. The van der Waals surface area contributed by atoms with Gasteiger partial charge in [0.25, 0.3) is 0 Å². The van der Waals surface area contributed by atoms with Crippen LogP contribution >= 0.6 is 0 Å². The van der Waals surface area contributed by atoms with E-state index in [1.807, 2.05) is 60.7 Å². The van der Waals surface area contributed by atoms with E-state index < -0.39 is 0 Å². The van der Waals surface area contributed by atoms with Crippen molar-refractivity contribution in [1.82, 2.24) is 15.2 Å². The molecule has 4 rings (SSSR count). The van der Waals surface area contributed by atoms with Gasteiger partial charge in [0.1, 0.15) is 0 Å². The minimum atomic E-state index is -0.218. The summed E-state index contributed by atoms with van der Waals surface area (Å²) < 4.78 is 5.25. The molecule has 6 heteroatoms. The van der Waals surface area contributed by atoms with Gasteiger partial charge in [-0.2, -0.15) is 0 Å². The number of rotatable bonds is 7. The fraction of sp³-hybridized carbons (Fsp3) is 0.280. The second-order valence-corrected chi connectivity index (χ2v) is 7.74. The Hall–Kier alpha value is -3.22. The second kappa shape index (κ2) is 10.2. The third-order valence-electron chi connectivity index (χ3n) is 5.65. The van der Waals surface area contributed by atoms with Crippen LogP contribution in [0, 0.1) is 0 Å². The molecule has 1 unspecified atom stereocenters. The zero-order valence-corrected chi connectivity index (χ0v) is 17.7. The number of carbonyl (C=O) groups is 1. The lowest BCUT2D eigenvalue weighted by molar-refractivity contribution is 0.159. The molecule has 2 amide bonds. The Bertz CT molecular complexity index is 981. The van der Waals surface area contributed by atoms with E-state index in [2.05, 4.69) is 32.7 Å². The van der Waals surface area contributed by atoms with Crippen LogP contribution in [0.25, 0.3) is 11.3 Å². The molecule has 2 heterocycles. The van der Waals surface area contributed by atoms with Crippen molar-refractivity contribution >= 4 is 11.7 Å². The average Bonchev–Trinajstić information content (AvgIpc) is 3.21. The Kier molecular flexibility index (Phi) is 6.92. The third kappa shape index (κ3) is 5.29. The van der Waals surface area contributed by atoms with Crippen LogP contribution in [0.1, 0.15) is 11.5 Å². The lowest BCUT2D eigenvalue weighted by Crippen LogP contribution is -2.42. The topological polar surface area (TPSA) is 66.5 Å². The maximum Gasteiger partial charge on any atom is 0.319 e. The number of benzene rings is 2. The third-order valence-corrected chi connectivity index (χ3v) is 5.65. The molecule has 160 valence electrons. The van der Waals surface area contributed by atoms with Crippen LogP contribution in [0.3, 0.4) is 0 Å². The summed E-state index contributed by atoms with van der Waals surface area (Å²) in [5.41, 5.74) is 3.65. The molecule has 2 N–H and O–H groups in total. The molecule has 0 aliphatic carbocycles. The van der Waals surface area contributed by atoms with Crippen LogP contribution in [-0.2, 0) is 4.74 Å². The van der Waals surface area contributed by atoms with Crippen molar-refractivity contribution < 1.29 is 9.53 Å². The van der Waals surface area contributed by atoms with Crippen molar-refractivity contribution in [3.63, 3.8) is 0 Å². The summed E-state index contributed by atoms with van der Waals surface area (Å²) in [6.07, 6.45) is 1.74. The van der Waals surface area contributed by atoms with Gasteiger partial charge in [0.05, 0.1) is 24.0 Å². The first-order valence-corrected chi connectivity index (χ1v) is 10.6. The summed E-state index contributed by atoms with van der Waals surface area (Å²) in [4.78, 5) is 19.8. The Morgan fingerprint density at radius 2 is 1.77 bits per heavy atom. The van der Waals surface area contributed by atoms with E-state index in [0.29, 0.717) is 12.3 Å². The number of nitrogens with zero attached hydrogens (tertiary/aromatic N) is 2. The van der Waals surface area contributed by atoms with E-state index in [4.69, 9.17) is 4.74 Å². The molecule has 1 aromatic heterocycles. The standard InChI is InChI=1S/C25H28N4O2/c1-31-16-15-29-17-21(19-9-4-2-5-10-19)23(18-29)28-25(30)27-22-13-8-14-26-24(22)20-11-6-3-7-12-20/h2-14,21,23H,15-18H2,1H3,(H2,27,28,30)/t21-,23?/m0/s1. The predicted octanol–water partition coefficient (Wildman–Crippen LogP) is 3.98. The highest BCUT2D eigenvalue weighted by Gasteiger charge is 2.34. The first-order chi connectivity index (χ1) is 15.2. The summed E-state index contributed by atoms with van der Waals surface area (Å²) in [6, 6.07) is 23.7. The van der Waals surface area contributed by atoms with Crippen LogP contribution in [-0.4, -0.2) is 55.3 Å². The fourth-order valence-electron chi connectivity index (χ4n) is 4.13. The molecule has 2 atom stereocenters. The summed E-state index contributed by atoms with van der Waals surface area (Å²) in [5.74, 6) is 0.228. The number of pyridine rings is 1. The van der Waals surface area contributed by atoms with Crippen LogP contribution in [0.15, 0.2) is 79.0 Å². The van der Waals surface area contributed by atoms with Crippen LogP contribution in [0.5, 0.6) is 0 Å². The van der Waals surface area contributed by atoms with Crippen molar-refractivity contribution in [1.29, 1.82) is 0 Å². The highest BCUT2D eigenvalue weighted by molar-refractivity contribution is 5.93. The number of anilines is 1. The van der Waals surface area contributed by atoms with Crippen LogP contribution < -0.4 is 10.6 Å². The fourth-order valence-corrected chi connectivity index (χ4v) is 4.13. The number of hydrogen-bond acceptors (Lipinski definition) is 4. The van der Waals surface area contributed by atoms with Gasteiger partial charge in [0, 0.05) is 44.4 Å². The Morgan fingerprint density at radius 3 is 2.52 bits per heavy atom. The number of ether oxygens (including phenoxy) is 1. The lowest BCUT2D eigenvalue weighted by atomic mass is 9.94. The predicted molar refractivity (Wildman–Crippen MR) is 123 cm³/mol. The molecule has 1 aliphatic heterocycles. The van der Waals surface area contributed by atoms with Gasteiger partial charge < -0.3 is 15.4 Å². The summed E-state index contributed by atoms with van der Waals surface area (Å²) in [5, 5.41) is 6.21. The second-order valence-electron chi connectivity index (χ2n) is 7.74. The number of likely N-dealkylation sites (tertiary alicyclic amines) is 1. The number of urea groups is 1. The van der Waals surface area contributed by atoms with Crippen molar-refractivity contribution in [2.45, 2.75) is 12.0 Å².